The topological polar surface area (TPSA) is 152 Å². The Balaban J connectivity index is 1.58. The third kappa shape index (κ3) is 3.48. The van der Waals surface area contributed by atoms with Gasteiger partial charge >= 0.3 is 16.4 Å². The highest BCUT2D eigenvalue weighted by Crippen LogP contribution is 2.30. The van der Waals surface area contributed by atoms with Crippen LogP contribution in [-0.2, 0) is 30.9 Å². The molecule has 0 aromatic carbocycles. The van der Waals surface area contributed by atoms with Crippen LogP contribution in [0.25, 0.3) is 0 Å². The van der Waals surface area contributed by atoms with E-state index in [1.54, 1.807) is 6.07 Å². The van der Waals surface area contributed by atoms with E-state index in [4.69, 9.17) is 9.39 Å². The maximum atomic E-state index is 12.2. The van der Waals surface area contributed by atoms with Crippen molar-refractivity contribution in [1.29, 1.82) is 0 Å². The number of nitrogens with zero attached hydrogens (tertiary/aromatic N) is 3. The van der Waals surface area contributed by atoms with Gasteiger partial charge in [-0.1, -0.05) is 5.16 Å². The number of nitrogens with one attached hydrogen (secondary N) is 1. The summed E-state index contributed by atoms with van der Waals surface area (Å²) in [6, 6.07) is -0.640. The second kappa shape index (κ2) is 6.35. The number of fused-ring (bicyclic) bond motifs is 2. The van der Waals surface area contributed by atoms with E-state index in [1.165, 1.54) is 6.26 Å². The summed E-state index contributed by atoms with van der Waals surface area (Å²) < 4.78 is 39.2. The molecule has 13 heteroatoms. The summed E-state index contributed by atoms with van der Waals surface area (Å²) in [5.41, 5.74) is 2.69. The zero-order chi connectivity index (χ0) is 17.3. The van der Waals surface area contributed by atoms with Crippen molar-refractivity contribution >= 4 is 22.3 Å². The van der Waals surface area contributed by atoms with Crippen LogP contribution in [0.1, 0.15) is 18.5 Å². The molecule has 12 nitrogen and oxygen atoms in total. The number of piperidine rings is 1. The van der Waals surface area contributed by atoms with Crippen LogP contribution < -0.4 is 5.48 Å². The number of hydrogen-bond acceptors (Lipinski definition) is 8. The highest BCUT2D eigenvalue weighted by Gasteiger charge is 2.49. The van der Waals surface area contributed by atoms with Gasteiger partial charge in [0.1, 0.15) is 24.6 Å². The van der Waals surface area contributed by atoms with Gasteiger partial charge in [-0.2, -0.15) is 13.5 Å². The van der Waals surface area contributed by atoms with Crippen LogP contribution in [0, 0.1) is 0 Å². The monoisotopic (exact) mass is 362 g/mol. The molecule has 24 heavy (non-hydrogen) atoms. The van der Waals surface area contributed by atoms with Gasteiger partial charge in [-0.3, -0.25) is 14.2 Å². The Morgan fingerprint density at radius 1 is 1.50 bits per heavy atom. The molecule has 3 amide bonds. The van der Waals surface area contributed by atoms with E-state index in [-0.39, 0.29) is 13.2 Å². The van der Waals surface area contributed by atoms with Gasteiger partial charge in [0.15, 0.2) is 0 Å². The Labute approximate surface area is 136 Å². The maximum absolute atomic E-state index is 12.2. The minimum absolute atomic E-state index is 0.0104. The number of carbonyl (C=O) groups is 2. The number of amides is 3. The lowest BCUT2D eigenvalue weighted by Gasteiger charge is -2.28. The fourth-order valence-corrected chi connectivity index (χ4v) is 3.05. The van der Waals surface area contributed by atoms with Gasteiger partial charge in [0, 0.05) is 12.6 Å². The minimum Gasteiger partial charge on any atom is -0.364 e. The first-order chi connectivity index (χ1) is 11.3. The second-order valence-electron chi connectivity index (χ2n) is 5.26. The normalized spacial score (nSPS) is 23.6. The molecule has 0 spiro atoms. The standard InChI is InChI=1S/C11H14N4O8S/c16-10(13-22-6-7-3-4-21-12-7)9-2-1-8-5-14(9)11(17)15(8)23-24(18,19)20/h3-4,8-9H,1-2,5-6H2,(H,13,16)(H,18,19,20)/t8-,9+/m1/s1. The van der Waals surface area contributed by atoms with Crippen LogP contribution in [0.3, 0.4) is 0 Å². The summed E-state index contributed by atoms with van der Waals surface area (Å²) in [6.07, 6.45) is 1.98. The van der Waals surface area contributed by atoms with Crippen molar-refractivity contribution in [2.24, 2.45) is 0 Å². The number of rotatable bonds is 6. The van der Waals surface area contributed by atoms with Crippen LogP contribution in [0.4, 0.5) is 4.79 Å². The van der Waals surface area contributed by atoms with Gasteiger partial charge in [0.25, 0.3) is 5.91 Å². The molecule has 2 N–H and O–H groups in total. The van der Waals surface area contributed by atoms with Gasteiger partial charge in [0.05, 0.1) is 6.04 Å². The van der Waals surface area contributed by atoms with E-state index in [0.29, 0.717) is 23.6 Å². The lowest BCUT2D eigenvalue weighted by molar-refractivity contribution is -0.140. The number of carbonyl (C=O) groups excluding carboxylic acids is 2. The number of hydroxylamine groups is 3. The summed E-state index contributed by atoms with van der Waals surface area (Å²) >= 11 is 0. The summed E-state index contributed by atoms with van der Waals surface area (Å²) in [5, 5.41) is 4.17. The average molecular weight is 362 g/mol. The fraction of sp³-hybridized carbons (Fsp3) is 0.545. The largest absolute Gasteiger partial charge is 0.418 e. The van der Waals surface area contributed by atoms with E-state index < -0.39 is 34.4 Å². The smallest absolute Gasteiger partial charge is 0.364 e. The second-order valence-corrected chi connectivity index (χ2v) is 6.26. The molecule has 1 aromatic heterocycles. The molecule has 0 unspecified atom stereocenters. The SMILES string of the molecule is O=C(NOCc1ccon1)[C@@H]1CC[C@@H]2CN1C(=O)N2OS(=O)(=O)O. The Morgan fingerprint density at radius 2 is 2.29 bits per heavy atom. The number of urea groups is 1. The van der Waals surface area contributed by atoms with Crippen molar-refractivity contribution in [3.05, 3.63) is 18.0 Å². The summed E-state index contributed by atoms with van der Waals surface area (Å²) in [4.78, 5) is 30.5. The van der Waals surface area contributed by atoms with Crippen molar-refractivity contribution in [3.8, 4) is 0 Å². The summed E-state index contributed by atoms with van der Waals surface area (Å²) in [6.45, 7) is 0.0965. The molecule has 2 fully saturated rings. The molecule has 2 aliphatic rings. The highest BCUT2D eigenvalue weighted by atomic mass is 32.3. The van der Waals surface area contributed by atoms with Crippen LogP contribution >= 0.6 is 0 Å². The number of hydrogen-bond donors (Lipinski definition) is 2. The van der Waals surface area contributed by atoms with Gasteiger partial charge in [-0.25, -0.2) is 10.3 Å². The van der Waals surface area contributed by atoms with Crippen LogP contribution in [0.2, 0.25) is 0 Å². The third-order valence-electron chi connectivity index (χ3n) is 3.68. The maximum Gasteiger partial charge on any atom is 0.418 e. The fourth-order valence-electron chi connectivity index (χ4n) is 2.67. The predicted octanol–water partition coefficient (Wildman–Crippen LogP) is -0.775. The van der Waals surface area contributed by atoms with Crippen LogP contribution in [-0.4, -0.2) is 58.7 Å². The van der Waals surface area contributed by atoms with E-state index in [0.717, 1.165) is 4.90 Å². The summed E-state index contributed by atoms with van der Waals surface area (Å²) in [5.74, 6) is -0.556. The molecule has 3 heterocycles. The molecule has 132 valence electrons. The van der Waals surface area contributed by atoms with Crippen molar-refractivity contribution in [2.45, 2.75) is 31.5 Å². The summed E-state index contributed by atoms with van der Waals surface area (Å²) in [7, 11) is -4.82. The van der Waals surface area contributed by atoms with Gasteiger partial charge in [0.2, 0.25) is 0 Å². The first-order valence-electron chi connectivity index (χ1n) is 6.93. The molecular formula is C11H14N4O8S. The molecule has 0 saturated carbocycles. The molecule has 2 bridgehead atoms. The first-order valence-corrected chi connectivity index (χ1v) is 8.29. The Morgan fingerprint density at radius 3 is 2.96 bits per heavy atom. The number of aromatic nitrogens is 1. The quantitative estimate of drug-likeness (QED) is 0.490. The Kier molecular flexibility index (Phi) is 4.40. The Hall–Kier alpha value is -2.22. The van der Waals surface area contributed by atoms with Gasteiger partial charge < -0.3 is 9.42 Å². The predicted molar refractivity (Wildman–Crippen MR) is 72.8 cm³/mol. The molecule has 2 saturated heterocycles. The molecule has 1 aromatic rings. The van der Waals surface area contributed by atoms with E-state index >= 15 is 0 Å². The third-order valence-corrected chi connectivity index (χ3v) is 4.03. The zero-order valence-corrected chi connectivity index (χ0v) is 13.0. The van der Waals surface area contributed by atoms with Crippen LogP contribution in [0.5, 0.6) is 0 Å². The van der Waals surface area contributed by atoms with Crippen molar-refractivity contribution in [3.63, 3.8) is 0 Å². The molecular weight excluding hydrogens is 348 g/mol. The lowest BCUT2D eigenvalue weighted by Crippen LogP contribution is -2.49. The first kappa shape index (κ1) is 16.6. The molecule has 2 atom stereocenters. The molecule has 0 radical (unpaired) electrons. The average Bonchev–Trinajstić information content (AvgIpc) is 3.10. The van der Waals surface area contributed by atoms with Crippen molar-refractivity contribution < 1.29 is 36.2 Å². The van der Waals surface area contributed by atoms with Crippen LogP contribution in [0.15, 0.2) is 16.9 Å². The van der Waals surface area contributed by atoms with Crippen molar-refractivity contribution in [2.75, 3.05) is 6.54 Å². The van der Waals surface area contributed by atoms with E-state index in [1.807, 2.05) is 0 Å². The lowest BCUT2D eigenvalue weighted by atomic mass is 10.0. The van der Waals surface area contributed by atoms with Crippen molar-refractivity contribution in [1.82, 2.24) is 20.6 Å². The Bertz CT molecular complexity index is 720. The highest BCUT2D eigenvalue weighted by molar-refractivity contribution is 7.80. The molecule has 3 rings (SSSR count). The minimum atomic E-state index is -4.82. The van der Waals surface area contributed by atoms with E-state index in [9.17, 15) is 18.0 Å². The molecule has 2 aliphatic heterocycles. The van der Waals surface area contributed by atoms with Gasteiger partial charge in [-0.05, 0) is 12.8 Å². The molecule has 0 aliphatic carbocycles. The van der Waals surface area contributed by atoms with E-state index in [2.05, 4.69) is 19.4 Å². The zero-order valence-electron chi connectivity index (χ0n) is 12.2. The van der Waals surface area contributed by atoms with Gasteiger partial charge in [-0.15, -0.1) is 4.28 Å².